The quantitative estimate of drug-likeness (QED) is 0.716. The fourth-order valence-corrected chi connectivity index (χ4v) is 3.51. The monoisotopic (exact) mass is 194 g/mol. The second-order valence-electron chi connectivity index (χ2n) is 5.68. The fraction of sp³-hybridized carbons (Fsp3) is 1.00. The van der Waals surface area contributed by atoms with Crippen LogP contribution in [0.15, 0.2) is 0 Å². The number of nitrogens with one attached hydrogen (secondary N) is 1. The first-order chi connectivity index (χ1) is 6.81. The third-order valence-electron chi connectivity index (χ3n) is 4.46. The van der Waals surface area contributed by atoms with Crippen LogP contribution in [0.3, 0.4) is 0 Å². The topological polar surface area (TPSA) is 15.3 Å². The Morgan fingerprint density at radius 3 is 2.71 bits per heavy atom. The Morgan fingerprint density at radius 1 is 1.14 bits per heavy atom. The van der Waals surface area contributed by atoms with Crippen molar-refractivity contribution in [3.8, 4) is 0 Å². The van der Waals surface area contributed by atoms with Gasteiger partial charge in [-0.25, -0.2) is 0 Å². The first kappa shape index (κ1) is 9.17. The van der Waals surface area contributed by atoms with Gasteiger partial charge in [0.05, 0.1) is 0 Å². The third kappa shape index (κ3) is 1.59. The summed E-state index contributed by atoms with van der Waals surface area (Å²) >= 11 is 0. The molecule has 0 amide bonds. The summed E-state index contributed by atoms with van der Waals surface area (Å²) in [6.07, 6.45) is 5.69. The predicted molar refractivity (Wildman–Crippen MR) is 58.3 cm³/mol. The largest absolute Gasteiger partial charge is 0.311 e. The minimum Gasteiger partial charge on any atom is -0.311 e. The van der Waals surface area contributed by atoms with E-state index in [9.17, 15) is 0 Å². The van der Waals surface area contributed by atoms with Crippen molar-refractivity contribution >= 4 is 0 Å². The second-order valence-corrected chi connectivity index (χ2v) is 5.68. The molecule has 3 aliphatic rings. The Morgan fingerprint density at radius 2 is 1.93 bits per heavy atom. The van der Waals surface area contributed by atoms with Crippen LogP contribution in [-0.4, -0.2) is 36.6 Å². The van der Waals surface area contributed by atoms with Gasteiger partial charge in [0.2, 0.25) is 0 Å². The van der Waals surface area contributed by atoms with Crippen molar-refractivity contribution in [1.82, 2.24) is 10.2 Å². The maximum atomic E-state index is 3.89. The van der Waals surface area contributed by atoms with Gasteiger partial charge in [-0.05, 0) is 50.6 Å². The van der Waals surface area contributed by atoms with Crippen LogP contribution in [0.25, 0.3) is 0 Å². The van der Waals surface area contributed by atoms with Crippen LogP contribution in [0.2, 0.25) is 0 Å². The molecule has 14 heavy (non-hydrogen) atoms. The molecule has 2 saturated heterocycles. The summed E-state index contributed by atoms with van der Waals surface area (Å²) in [5, 5.41) is 3.89. The van der Waals surface area contributed by atoms with E-state index in [0.29, 0.717) is 0 Å². The summed E-state index contributed by atoms with van der Waals surface area (Å²) in [5.41, 5.74) is 0. The van der Waals surface area contributed by atoms with Crippen LogP contribution in [-0.2, 0) is 0 Å². The van der Waals surface area contributed by atoms with Crippen molar-refractivity contribution in [3.05, 3.63) is 0 Å². The van der Waals surface area contributed by atoms with Gasteiger partial charge in [-0.15, -0.1) is 0 Å². The normalized spacial score (nSPS) is 51.6. The van der Waals surface area contributed by atoms with E-state index in [1.807, 2.05) is 0 Å². The van der Waals surface area contributed by atoms with Gasteiger partial charge in [0.15, 0.2) is 0 Å². The Balaban J connectivity index is 1.52. The minimum absolute atomic E-state index is 0.853. The number of fused-ring (bicyclic) bond motifs is 2. The van der Waals surface area contributed by atoms with Gasteiger partial charge in [-0.1, -0.05) is 6.92 Å². The van der Waals surface area contributed by atoms with Gasteiger partial charge >= 0.3 is 0 Å². The molecule has 2 heterocycles. The fourth-order valence-electron chi connectivity index (χ4n) is 3.51. The summed E-state index contributed by atoms with van der Waals surface area (Å²) in [5.74, 6) is 1.95. The van der Waals surface area contributed by atoms with Crippen molar-refractivity contribution in [2.45, 2.75) is 44.7 Å². The molecular formula is C12H22N2. The highest BCUT2D eigenvalue weighted by Crippen LogP contribution is 2.31. The zero-order valence-electron chi connectivity index (χ0n) is 9.21. The van der Waals surface area contributed by atoms with Gasteiger partial charge in [0.1, 0.15) is 0 Å². The molecule has 80 valence electrons. The highest BCUT2D eigenvalue weighted by Gasteiger charge is 2.36. The van der Waals surface area contributed by atoms with Crippen LogP contribution < -0.4 is 5.32 Å². The lowest BCUT2D eigenvalue weighted by Gasteiger charge is -2.40. The average Bonchev–Trinajstić information content (AvgIpc) is 2.51. The van der Waals surface area contributed by atoms with E-state index in [2.05, 4.69) is 17.1 Å². The predicted octanol–water partition coefficient (Wildman–Crippen LogP) is 1.47. The molecule has 3 atom stereocenters. The van der Waals surface area contributed by atoms with E-state index in [4.69, 9.17) is 0 Å². The van der Waals surface area contributed by atoms with E-state index in [-0.39, 0.29) is 0 Å². The van der Waals surface area contributed by atoms with Gasteiger partial charge in [-0.3, -0.25) is 0 Å². The smallest absolute Gasteiger partial charge is 0.0123 e. The van der Waals surface area contributed by atoms with Crippen molar-refractivity contribution in [1.29, 1.82) is 0 Å². The molecule has 0 spiro atoms. The maximum absolute atomic E-state index is 3.89. The minimum atomic E-state index is 0.853. The lowest BCUT2D eigenvalue weighted by atomic mass is 9.80. The first-order valence-electron chi connectivity index (χ1n) is 6.29. The van der Waals surface area contributed by atoms with Gasteiger partial charge < -0.3 is 10.2 Å². The molecule has 2 heteroatoms. The zero-order valence-corrected chi connectivity index (χ0v) is 9.21. The van der Waals surface area contributed by atoms with Gasteiger partial charge in [0, 0.05) is 18.6 Å². The Labute approximate surface area is 87.0 Å². The number of nitrogens with zero attached hydrogens (tertiary/aromatic N) is 1. The van der Waals surface area contributed by atoms with Crippen LogP contribution >= 0.6 is 0 Å². The summed E-state index contributed by atoms with van der Waals surface area (Å²) in [6, 6.07) is 1.72. The highest BCUT2D eigenvalue weighted by molar-refractivity contribution is 4.94. The lowest BCUT2D eigenvalue weighted by Crippen LogP contribution is -2.51. The molecule has 0 aromatic rings. The van der Waals surface area contributed by atoms with Crippen LogP contribution in [0.1, 0.15) is 32.6 Å². The summed E-state index contributed by atoms with van der Waals surface area (Å²) in [4.78, 5) is 2.63. The molecule has 0 radical (unpaired) electrons. The third-order valence-corrected chi connectivity index (χ3v) is 4.46. The molecule has 1 aliphatic carbocycles. The van der Waals surface area contributed by atoms with E-state index in [1.165, 1.54) is 45.3 Å². The van der Waals surface area contributed by atoms with Crippen LogP contribution in [0, 0.1) is 11.8 Å². The summed E-state index contributed by atoms with van der Waals surface area (Å²) in [7, 11) is 0. The molecule has 1 N–H and O–H groups in total. The Hall–Kier alpha value is -0.0800. The maximum Gasteiger partial charge on any atom is 0.0123 e. The summed E-state index contributed by atoms with van der Waals surface area (Å²) < 4.78 is 0. The molecule has 0 aromatic carbocycles. The van der Waals surface area contributed by atoms with Crippen LogP contribution in [0.5, 0.6) is 0 Å². The number of rotatable bonds is 2. The molecular weight excluding hydrogens is 172 g/mol. The molecule has 1 saturated carbocycles. The van der Waals surface area contributed by atoms with Gasteiger partial charge in [0.25, 0.3) is 0 Å². The van der Waals surface area contributed by atoms with E-state index in [0.717, 1.165) is 23.9 Å². The Bertz CT molecular complexity index is 210. The first-order valence-corrected chi connectivity index (χ1v) is 6.29. The molecule has 3 unspecified atom stereocenters. The highest BCUT2D eigenvalue weighted by atomic mass is 15.2. The standard InChI is InChI=1S/C12H22N2/c1-9-6-11(7-9)13-12-3-5-14-4-2-10(12)8-14/h9-13H,2-8H2,1H3. The summed E-state index contributed by atoms with van der Waals surface area (Å²) in [6.45, 7) is 6.46. The number of hydrogen-bond donors (Lipinski definition) is 1. The molecule has 2 bridgehead atoms. The van der Waals surface area contributed by atoms with Crippen molar-refractivity contribution in [3.63, 3.8) is 0 Å². The zero-order chi connectivity index (χ0) is 9.54. The molecule has 3 fully saturated rings. The van der Waals surface area contributed by atoms with Gasteiger partial charge in [-0.2, -0.15) is 0 Å². The van der Waals surface area contributed by atoms with Crippen molar-refractivity contribution in [2.75, 3.05) is 19.6 Å². The van der Waals surface area contributed by atoms with Crippen molar-refractivity contribution in [2.24, 2.45) is 11.8 Å². The Kier molecular flexibility index (Phi) is 2.29. The lowest BCUT2D eigenvalue weighted by molar-refractivity contribution is 0.162. The van der Waals surface area contributed by atoms with Crippen molar-refractivity contribution < 1.29 is 0 Å². The molecule has 0 aromatic heterocycles. The van der Waals surface area contributed by atoms with E-state index in [1.54, 1.807) is 0 Å². The SMILES string of the molecule is CC1CC(NC2CCN3CCC2C3)C1. The molecule has 2 aliphatic heterocycles. The molecule has 3 rings (SSSR count). The average molecular weight is 194 g/mol. The number of piperidine rings is 1. The molecule has 2 nitrogen and oxygen atoms in total. The van der Waals surface area contributed by atoms with E-state index >= 15 is 0 Å². The number of hydrogen-bond acceptors (Lipinski definition) is 2. The second kappa shape index (κ2) is 3.49. The van der Waals surface area contributed by atoms with Crippen LogP contribution in [0.4, 0.5) is 0 Å². The van der Waals surface area contributed by atoms with E-state index < -0.39 is 0 Å².